The van der Waals surface area contributed by atoms with E-state index in [-0.39, 0.29) is 5.91 Å². The van der Waals surface area contributed by atoms with Crippen LogP contribution in [0.4, 0.5) is 5.82 Å². The second-order valence-electron chi connectivity index (χ2n) is 5.26. The summed E-state index contributed by atoms with van der Waals surface area (Å²) in [6.45, 7) is 0. The number of anilines is 1. The molecule has 0 unspecified atom stereocenters. The maximum atomic E-state index is 11.9. The van der Waals surface area contributed by atoms with E-state index in [1.807, 2.05) is 41.8 Å². The lowest BCUT2D eigenvalue weighted by Gasteiger charge is -2.03. The maximum absolute atomic E-state index is 11.9. The summed E-state index contributed by atoms with van der Waals surface area (Å²) in [4.78, 5) is 16.4. The van der Waals surface area contributed by atoms with Gasteiger partial charge in [0.05, 0.1) is 0 Å². The third kappa shape index (κ3) is 4.50. The largest absolute Gasteiger partial charge is 0.306 e. The molecule has 3 rings (SSSR count). The third-order valence-electron chi connectivity index (χ3n) is 3.47. The van der Waals surface area contributed by atoms with Gasteiger partial charge in [-0.1, -0.05) is 54.6 Å². The molecule has 0 spiro atoms. The van der Waals surface area contributed by atoms with Crippen LogP contribution in [0.15, 0.2) is 71.7 Å². The summed E-state index contributed by atoms with van der Waals surface area (Å²) < 4.78 is 0. The number of nitrogens with one attached hydrogen (secondary N) is 1. The minimum absolute atomic E-state index is 0.143. The number of aromatic nitrogens is 1. The van der Waals surface area contributed by atoms with Crippen molar-refractivity contribution >= 4 is 23.1 Å². The predicted octanol–water partition coefficient (Wildman–Crippen LogP) is 4.97. The van der Waals surface area contributed by atoms with Crippen molar-refractivity contribution in [3.05, 3.63) is 71.7 Å². The van der Waals surface area contributed by atoms with Gasteiger partial charge in [-0.15, -0.1) is 11.3 Å². The van der Waals surface area contributed by atoms with E-state index in [1.54, 1.807) is 6.08 Å². The smallest absolute Gasteiger partial charge is 0.249 e. The van der Waals surface area contributed by atoms with Crippen molar-refractivity contribution in [1.29, 1.82) is 0 Å². The van der Waals surface area contributed by atoms with E-state index in [1.165, 1.54) is 16.9 Å². The van der Waals surface area contributed by atoms with Gasteiger partial charge in [-0.2, -0.15) is 0 Å². The molecule has 0 atom stereocenters. The number of rotatable bonds is 5. The molecule has 1 heterocycles. The second kappa shape index (κ2) is 7.70. The first-order chi connectivity index (χ1) is 11.3. The molecule has 1 aromatic heterocycles. The highest BCUT2D eigenvalue weighted by Gasteiger charge is 2.05. The molecular formula is C19H18N2OS. The second-order valence-corrected chi connectivity index (χ2v) is 6.12. The van der Waals surface area contributed by atoms with Crippen LogP contribution in [0.1, 0.15) is 19.3 Å². The first-order valence-corrected chi connectivity index (χ1v) is 8.53. The monoisotopic (exact) mass is 322 g/mol. The molecule has 2 aromatic rings. The molecule has 3 nitrogen and oxygen atoms in total. The number of nitrogens with zero attached hydrogens (tertiary/aromatic N) is 1. The van der Waals surface area contributed by atoms with Crippen LogP contribution in [-0.4, -0.2) is 10.9 Å². The summed E-state index contributed by atoms with van der Waals surface area (Å²) in [5, 5.41) is 5.57. The zero-order chi connectivity index (χ0) is 15.9. The Kier molecular flexibility index (Phi) is 5.17. The van der Waals surface area contributed by atoms with Crippen molar-refractivity contribution in [3.8, 4) is 10.6 Å². The Morgan fingerprint density at radius 2 is 2.13 bits per heavy atom. The average molecular weight is 322 g/mol. The highest BCUT2D eigenvalue weighted by molar-refractivity contribution is 7.13. The zero-order valence-corrected chi connectivity index (χ0v) is 13.6. The number of allylic oxidation sites excluding steroid dienone is 5. The molecule has 1 aromatic carbocycles. The molecular weight excluding hydrogens is 304 g/mol. The fourth-order valence-electron chi connectivity index (χ4n) is 2.33. The number of thiazole rings is 1. The van der Waals surface area contributed by atoms with Crippen molar-refractivity contribution in [3.63, 3.8) is 0 Å². The summed E-state index contributed by atoms with van der Waals surface area (Å²) in [7, 11) is 0. The number of carbonyl (C=O) groups excluding carboxylic acids is 1. The van der Waals surface area contributed by atoms with E-state index in [0.29, 0.717) is 5.82 Å². The van der Waals surface area contributed by atoms with Gasteiger partial charge in [0.2, 0.25) is 5.91 Å². The zero-order valence-electron chi connectivity index (χ0n) is 12.7. The Bertz CT molecular complexity index is 757. The number of carbonyl (C=O) groups is 1. The normalized spacial score (nSPS) is 14.0. The number of hydrogen-bond acceptors (Lipinski definition) is 3. The lowest BCUT2D eigenvalue weighted by molar-refractivity contribution is -0.111. The van der Waals surface area contributed by atoms with Gasteiger partial charge in [0.15, 0.2) is 0 Å². The van der Waals surface area contributed by atoms with E-state index in [4.69, 9.17) is 0 Å². The molecule has 1 amide bonds. The molecule has 0 bridgehead atoms. The Morgan fingerprint density at radius 3 is 2.91 bits per heavy atom. The molecule has 1 aliphatic rings. The first kappa shape index (κ1) is 15.4. The van der Waals surface area contributed by atoms with Gasteiger partial charge in [0.1, 0.15) is 10.8 Å². The molecule has 116 valence electrons. The molecule has 0 aliphatic heterocycles. The minimum Gasteiger partial charge on any atom is -0.306 e. The lowest BCUT2D eigenvalue weighted by atomic mass is 10.0. The van der Waals surface area contributed by atoms with Crippen molar-refractivity contribution in [1.82, 2.24) is 4.98 Å². The lowest BCUT2D eigenvalue weighted by Crippen LogP contribution is -2.08. The van der Waals surface area contributed by atoms with Crippen molar-refractivity contribution in [2.45, 2.75) is 19.3 Å². The summed E-state index contributed by atoms with van der Waals surface area (Å²) in [6.07, 6.45) is 13.0. The molecule has 1 aliphatic carbocycles. The van der Waals surface area contributed by atoms with E-state index < -0.39 is 0 Å². The number of benzene rings is 1. The summed E-state index contributed by atoms with van der Waals surface area (Å²) in [6, 6.07) is 9.95. The minimum atomic E-state index is -0.143. The average Bonchev–Trinajstić information content (AvgIpc) is 3.05. The van der Waals surface area contributed by atoms with Crippen LogP contribution in [-0.2, 0) is 4.79 Å². The molecule has 1 N–H and O–H groups in total. The van der Waals surface area contributed by atoms with E-state index in [9.17, 15) is 4.79 Å². The van der Waals surface area contributed by atoms with Gasteiger partial charge in [-0.25, -0.2) is 4.98 Å². The Morgan fingerprint density at radius 1 is 1.26 bits per heavy atom. The van der Waals surface area contributed by atoms with Crippen molar-refractivity contribution < 1.29 is 4.79 Å². The fourth-order valence-corrected chi connectivity index (χ4v) is 3.09. The fraction of sp³-hybridized carbons (Fsp3) is 0.158. The Labute approximate surface area is 140 Å². The van der Waals surface area contributed by atoms with E-state index in [2.05, 4.69) is 28.5 Å². The first-order valence-electron chi connectivity index (χ1n) is 7.65. The molecule has 0 radical (unpaired) electrons. The highest BCUT2D eigenvalue weighted by atomic mass is 32.1. The summed E-state index contributed by atoms with van der Waals surface area (Å²) in [5.41, 5.74) is 2.32. The number of amides is 1. The molecule has 0 saturated carbocycles. The topological polar surface area (TPSA) is 42.0 Å². The van der Waals surface area contributed by atoms with Crippen molar-refractivity contribution in [2.75, 3.05) is 5.32 Å². The van der Waals surface area contributed by atoms with Gasteiger partial charge in [0.25, 0.3) is 0 Å². The SMILES string of the molecule is O=C(/C=C/CC1=CCCC=C1)Nc1csc(-c2ccccc2)n1. The van der Waals surface area contributed by atoms with Gasteiger partial charge in [0, 0.05) is 10.9 Å². The molecule has 0 fully saturated rings. The van der Waals surface area contributed by atoms with Crippen LogP contribution >= 0.6 is 11.3 Å². The molecule has 23 heavy (non-hydrogen) atoms. The molecule has 4 heteroatoms. The van der Waals surface area contributed by atoms with Gasteiger partial charge in [-0.3, -0.25) is 4.79 Å². The van der Waals surface area contributed by atoms with Crippen LogP contribution in [0, 0.1) is 0 Å². The molecule has 0 saturated heterocycles. The third-order valence-corrected chi connectivity index (χ3v) is 4.36. The highest BCUT2D eigenvalue weighted by Crippen LogP contribution is 2.25. The van der Waals surface area contributed by atoms with Crippen LogP contribution in [0.2, 0.25) is 0 Å². The van der Waals surface area contributed by atoms with Crippen LogP contribution in [0.25, 0.3) is 10.6 Å². The number of hydrogen-bond donors (Lipinski definition) is 1. The maximum Gasteiger partial charge on any atom is 0.249 e. The van der Waals surface area contributed by atoms with Crippen LogP contribution < -0.4 is 5.32 Å². The summed E-state index contributed by atoms with van der Waals surface area (Å²) >= 11 is 1.52. The Balaban J connectivity index is 1.55. The van der Waals surface area contributed by atoms with Gasteiger partial charge in [-0.05, 0) is 30.9 Å². The Hall–Kier alpha value is -2.46. The van der Waals surface area contributed by atoms with E-state index in [0.717, 1.165) is 29.8 Å². The van der Waals surface area contributed by atoms with Gasteiger partial charge < -0.3 is 5.32 Å². The van der Waals surface area contributed by atoms with Crippen molar-refractivity contribution in [2.24, 2.45) is 0 Å². The van der Waals surface area contributed by atoms with Gasteiger partial charge >= 0.3 is 0 Å². The van der Waals surface area contributed by atoms with E-state index >= 15 is 0 Å². The van der Waals surface area contributed by atoms with Crippen LogP contribution in [0.3, 0.4) is 0 Å². The summed E-state index contributed by atoms with van der Waals surface area (Å²) in [5.74, 6) is 0.454. The quantitative estimate of drug-likeness (QED) is 0.790. The van der Waals surface area contributed by atoms with Crippen LogP contribution in [0.5, 0.6) is 0 Å². The standard InChI is InChI=1S/C19H18N2OS/c22-18(13-7-10-15-8-3-1-4-9-15)20-17-14-23-19(21-17)16-11-5-2-6-12-16/h2-3,5-9,11-14H,1,4,10H2,(H,20,22)/b13-7+. The predicted molar refractivity (Wildman–Crippen MR) is 96.4 cm³/mol.